The Kier molecular flexibility index (Phi) is 10.1. The van der Waals surface area contributed by atoms with Crippen LogP contribution in [0.15, 0.2) is 48.5 Å². The SMILES string of the molecule is CC[C@H](C(=O)NC1CCCCC1)N(Cc1ccc(Cl)cc1)C(=O)CSCc1ccc(F)cc1. The van der Waals surface area contributed by atoms with Crippen molar-refractivity contribution in [2.75, 3.05) is 5.75 Å². The van der Waals surface area contributed by atoms with Gasteiger partial charge in [-0.3, -0.25) is 9.59 Å². The summed E-state index contributed by atoms with van der Waals surface area (Å²) < 4.78 is 13.1. The lowest BCUT2D eigenvalue weighted by Gasteiger charge is -2.32. The van der Waals surface area contributed by atoms with Crippen LogP contribution >= 0.6 is 23.4 Å². The number of halogens is 2. The number of benzene rings is 2. The molecular formula is C26H32ClFN2O2S. The highest BCUT2D eigenvalue weighted by atomic mass is 35.5. The lowest BCUT2D eigenvalue weighted by molar-refractivity contribution is -0.139. The monoisotopic (exact) mass is 490 g/mol. The van der Waals surface area contributed by atoms with Gasteiger partial charge >= 0.3 is 0 Å². The van der Waals surface area contributed by atoms with E-state index in [2.05, 4.69) is 5.32 Å². The minimum Gasteiger partial charge on any atom is -0.352 e. The van der Waals surface area contributed by atoms with Crippen LogP contribution in [0.4, 0.5) is 4.39 Å². The van der Waals surface area contributed by atoms with E-state index in [0.29, 0.717) is 23.7 Å². The maximum atomic E-state index is 13.3. The highest BCUT2D eigenvalue weighted by molar-refractivity contribution is 7.99. The maximum absolute atomic E-state index is 13.3. The molecule has 4 nitrogen and oxygen atoms in total. The minimum atomic E-state index is -0.526. The minimum absolute atomic E-state index is 0.0738. The Bertz CT molecular complexity index is 902. The third kappa shape index (κ3) is 8.04. The lowest BCUT2D eigenvalue weighted by Crippen LogP contribution is -2.52. The van der Waals surface area contributed by atoms with E-state index in [4.69, 9.17) is 11.6 Å². The van der Waals surface area contributed by atoms with E-state index in [1.165, 1.54) is 30.3 Å². The van der Waals surface area contributed by atoms with Crippen LogP contribution in [0, 0.1) is 5.82 Å². The zero-order valence-electron chi connectivity index (χ0n) is 19.1. The molecule has 2 aromatic rings. The summed E-state index contributed by atoms with van der Waals surface area (Å²) in [5.41, 5.74) is 1.89. The van der Waals surface area contributed by atoms with Gasteiger partial charge in [-0.1, -0.05) is 62.1 Å². The van der Waals surface area contributed by atoms with Crippen molar-refractivity contribution in [2.24, 2.45) is 0 Å². The molecule has 0 bridgehead atoms. The van der Waals surface area contributed by atoms with Gasteiger partial charge in [0.15, 0.2) is 0 Å². The van der Waals surface area contributed by atoms with Gasteiger partial charge in [0.05, 0.1) is 5.75 Å². The largest absolute Gasteiger partial charge is 0.352 e. The molecule has 0 aromatic heterocycles. The summed E-state index contributed by atoms with van der Waals surface area (Å²) in [6.45, 7) is 2.29. The van der Waals surface area contributed by atoms with E-state index in [1.54, 1.807) is 29.2 Å². The van der Waals surface area contributed by atoms with Crippen molar-refractivity contribution in [3.8, 4) is 0 Å². The predicted molar refractivity (Wildman–Crippen MR) is 134 cm³/mol. The standard InChI is InChI=1S/C26H32ClFN2O2S/c1-2-24(26(32)29-23-6-4-3-5-7-23)30(16-19-8-12-21(27)13-9-19)25(31)18-33-17-20-10-14-22(28)15-11-20/h8-15,23-24H,2-7,16-18H2,1H3,(H,29,32)/t24-/m1/s1. The van der Waals surface area contributed by atoms with E-state index < -0.39 is 6.04 Å². The number of hydrogen-bond donors (Lipinski definition) is 1. The Balaban J connectivity index is 1.68. The van der Waals surface area contributed by atoms with Crippen molar-refractivity contribution in [3.63, 3.8) is 0 Å². The average Bonchev–Trinajstić information content (AvgIpc) is 2.82. The molecule has 0 aliphatic heterocycles. The molecule has 1 fully saturated rings. The first kappa shape index (κ1) is 25.6. The topological polar surface area (TPSA) is 49.4 Å². The molecule has 2 aromatic carbocycles. The Morgan fingerprint density at radius 2 is 1.70 bits per heavy atom. The van der Waals surface area contributed by atoms with Gasteiger partial charge in [0.1, 0.15) is 11.9 Å². The Labute approximate surface area is 205 Å². The number of rotatable bonds is 10. The first-order valence-corrected chi connectivity index (χ1v) is 13.2. The fourth-order valence-electron chi connectivity index (χ4n) is 4.17. The molecule has 2 amide bonds. The third-order valence-electron chi connectivity index (χ3n) is 6.01. The molecule has 1 N–H and O–H groups in total. The molecule has 0 radical (unpaired) electrons. The summed E-state index contributed by atoms with van der Waals surface area (Å²) in [6.07, 6.45) is 6.03. The molecule has 3 rings (SSSR count). The molecule has 1 aliphatic carbocycles. The van der Waals surface area contributed by atoms with Crippen LogP contribution in [0.2, 0.25) is 5.02 Å². The van der Waals surface area contributed by atoms with Crippen LogP contribution < -0.4 is 5.32 Å². The van der Waals surface area contributed by atoms with Gasteiger partial charge in [0, 0.05) is 23.4 Å². The molecule has 0 unspecified atom stereocenters. The molecule has 0 saturated heterocycles. The van der Waals surface area contributed by atoms with Crippen LogP contribution in [0.3, 0.4) is 0 Å². The normalized spacial score (nSPS) is 15.1. The van der Waals surface area contributed by atoms with Gasteiger partial charge in [0.25, 0.3) is 0 Å². The van der Waals surface area contributed by atoms with Gasteiger partial charge in [-0.2, -0.15) is 0 Å². The molecule has 0 heterocycles. The molecule has 1 atom stereocenters. The van der Waals surface area contributed by atoms with E-state index in [0.717, 1.165) is 36.8 Å². The molecule has 0 spiro atoms. The van der Waals surface area contributed by atoms with Gasteiger partial charge < -0.3 is 10.2 Å². The highest BCUT2D eigenvalue weighted by Crippen LogP contribution is 2.21. The molecule has 1 aliphatic rings. The quantitative estimate of drug-likeness (QED) is 0.446. The summed E-state index contributed by atoms with van der Waals surface area (Å²) in [6, 6.07) is 13.3. The van der Waals surface area contributed by atoms with Gasteiger partial charge in [-0.15, -0.1) is 11.8 Å². The highest BCUT2D eigenvalue weighted by Gasteiger charge is 2.30. The number of amides is 2. The number of nitrogens with zero attached hydrogens (tertiary/aromatic N) is 1. The number of hydrogen-bond acceptors (Lipinski definition) is 3. The van der Waals surface area contributed by atoms with Crippen LogP contribution in [0.5, 0.6) is 0 Å². The number of carbonyl (C=O) groups is 2. The van der Waals surface area contributed by atoms with Crippen LogP contribution in [-0.2, 0) is 21.9 Å². The van der Waals surface area contributed by atoms with E-state index in [1.807, 2.05) is 19.1 Å². The van der Waals surface area contributed by atoms with Crippen molar-refractivity contribution in [2.45, 2.75) is 69.8 Å². The second-order valence-electron chi connectivity index (χ2n) is 8.53. The van der Waals surface area contributed by atoms with Crippen LogP contribution in [-0.4, -0.2) is 34.6 Å². The summed E-state index contributed by atoms with van der Waals surface area (Å²) >= 11 is 7.49. The van der Waals surface area contributed by atoms with E-state index >= 15 is 0 Å². The molecular weight excluding hydrogens is 459 g/mol. The predicted octanol–water partition coefficient (Wildman–Crippen LogP) is 5.97. The lowest BCUT2D eigenvalue weighted by atomic mass is 9.95. The first-order valence-electron chi connectivity index (χ1n) is 11.6. The van der Waals surface area contributed by atoms with Gasteiger partial charge in [-0.25, -0.2) is 4.39 Å². The van der Waals surface area contributed by atoms with Crippen molar-refractivity contribution in [1.29, 1.82) is 0 Å². The van der Waals surface area contributed by atoms with Crippen molar-refractivity contribution < 1.29 is 14.0 Å². The molecule has 7 heteroatoms. The summed E-state index contributed by atoms with van der Waals surface area (Å²) in [5, 5.41) is 3.82. The zero-order chi connectivity index (χ0) is 23.6. The molecule has 178 valence electrons. The second-order valence-corrected chi connectivity index (χ2v) is 9.96. The zero-order valence-corrected chi connectivity index (χ0v) is 20.6. The van der Waals surface area contributed by atoms with Gasteiger partial charge in [-0.05, 0) is 54.7 Å². The summed E-state index contributed by atoms with van der Waals surface area (Å²) in [4.78, 5) is 28.2. The molecule has 1 saturated carbocycles. The smallest absolute Gasteiger partial charge is 0.243 e. The summed E-state index contributed by atoms with van der Waals surface area (Å²) in [5.74, 6) is 0.422. The van der Waals surface area contributed by atoms with Crippen molar-refractivity contribution in [1.82, 2.24) is 10.2 Å². The molecule has 33 heavy (non-hydrogen) atoms. The van der Waals surface area contributed by atoms with Crippen molar-refractivity contribution >= 4 is 35.2 Å². The first-order chi connectivity index (χ1) is 16.0. The van der Waals surface area contributed by atoms with Crippen LogP contribution in [0.25, 0.3) is 0 Å². The third-order valence-corrected chi connectivity index (χ3v) is 7.25. The van der Waals surface area contributed by atoms with Crippen LogP contribution in [0.1, 0.15) is 56.6 Å². The Morgan fingerprint density at radius 3 is 2.33 bits per heavy atom. The Hall–Kier alpha value is -2.05. The number of thioether (sulfide) groups is 1. The average molecular weight is 491 g/mol. The maximum Gasteiger partial charge on any atom is 0.243 e. The Morgan fingerprint density at radius 1 is 1.06 bits per heavy atom. The van der Waals surface area contributed by atoms with E-state index in [-0.39, 0.29) is 29.4 Å². The number of nitrogens with one attached hydrogen (secondary N) is 1. The van der Waals surface area contributed by atoms with Crippen molar-refractivity contribution in [3.05, 3.63) is 70.5 Å². The fraction of sp³-hybridized carbons (Fsp3) is 0.462. The number of carbonyl (C=O) groups excluding carboxylic acids is 2. The van der Waals surface area contributed by atoms with Gasteiger partial charge in [0.2, 0.25) is 11.8 Å². The van der Waals surface area contributed by atoms with E-state index in [9.17, 15) is 14.0 Å². The second kappa shape index (κ2) is 13.0. The fourth-order valence-corrected chi connectivity index (χ4v) is 5.17. The summed E-state index contributed by atoms with van der Waals surface area (Å²) in [7, 11) is 0.